The predicted octanol–water partition coefficient (Wildman–Crippen LogP) is 3.93. The van der Waals surface area contributed by atoms with E-state index in [1.54, 1.807) is 0 Å². The highest BCUT2D eigenvalue weighted by Crippen LogP contribution is 2.17. The Balaban J connectivity index is 2.99. The number of rotatable bonds is 8. The molecule has 0 aliphatic heterocycles. The molecule has 3 nitrogen and oxygen atoms in total. The average Bonchev–Trinajstić information content (AvgIpc) is 2.44. The van der Waals surface area contributed by atoms with E-state index in [9.17, 15) is 0 Å². The SMILES string of the molecule is C=CCN(CCC)c1cc(CNC(C)(C)C)cc(CC)n1. The monoisotopic (exact) mass is 289 g/mol. The first kappa shape index (κ1) is 17.7. The molecule has 0 fully saturated rings. The van der Waals surface area contributed by atoms with Gasteiger partial charge in [0, 0.05) is 30.9 Å². The van der Waals surface area contributed by atoms with Crippen molar-refractivity contribution in [2.24, 2.45) is 0 Å². The van der Waals surface area contributed by atoms with Crippen LogP contribution in [0.2, 0.25) is 0 Å². The van der Waals surface area contributed by atoms with Gasteiger partial charge in [-0.15, -0.1) is 6.58 Å². The molecule has 0 atom stereocenters. The number of pyridine rings is 1. The Bertz CT molecular complexity index is 446. The number of hydrogen-bond donors (Lipinski definition) is 1. The Morgan fingerprint density at radius 1 is 1.29 bits per heavy atom. The number of aryl methyl sites for hydroxylation is 1. The first-order valence-electron chi connectivity index (χ1n) is 8.00. The summed E-state index contributed by atoms with van der Waals surface area (Å²) in [5.41, 5.74) is 2.58. The Morgan fingerprint density at radius 2 is 2.00 bits per heavy atom. The van der Waals surface area contributed by atoms with E-state index in [1.807, 2.05) is 6.08 Å². The smallest absolute Gasteiger partial charge is 0.129 e. The summed E-state index contributed by atoms with van der Waals surface area (Å²) < 4.78 is 0. The molecule has 0 aliphatic carbocycles. The molecule has 1 aromatic rings. The van der Waals surface area contributed by atoms with Crippen LogP contribution in [-0.4, -0.2) is 23.6 Å². The van der Waals surface area contributed by atoms with Crippen molar-refractivity contribution in [1.82, 2.24) is 10.3 Å². The van der Waals surface area contributed by atoms with Gasteiger partial charge in [-0.1, -0.05) is 19.9 Å². The van der Waals surface area contributed by atoms with Crippen LogP contribution < -0.4 is 10.2 Å². The highest BCUT2D eigenvalue weighted by molar-refractivity contribution is 5.43. The molecule has 0 spiro atoms. The molecule has 21 heavy (non-hydrogen) atoms. The molecule has 0 radical (unpaired) electrons. The van der Waals surface area contributed by atoms with Crippen LogP contribution in [0.1, 0.15) is 52.3 Å². The molecule has 1 aromatic heterocycles. The Hall–Kier alpha value is -1.35. The lowest BCUT2D eigenvalue weighted by Gasteiger charge is -2.24. The molecular weight excluding hydrogens is 258 g/mol. The normalized spacial score (nSPS) is 11.5. The van der Waals surface area contributed by atoms with Gasteiger partial charge in [-0.25, -0.2) is 4.98 Å². The Morgan fingerprint density at radius 3 is 2.52 bits per heavy atom. The van der Waals surface area contributed by atoms with Gasteiger partial charge < -0.3 is 10.2 Å². The molecular formula is C18H31N3. The minimum absolute atomic E-state index is 0.125. The number of nitrogens with zero attached hydrogens (tertiary/aromatic N) is 2. The molecule has 3 heteroatoms. The molecule has 0 bridgehead atoms. The van der Waals surface area contributed by atoms with Crippen molar-refractivity contribution in [3.05, 3.63) is 36.0 Å². The fourth-order valence-corrected chi connectivity index (χ4v) is 2.17. The van der Waals surface area contributed by atoms with Crippen LogP contribution in [0.15, 0.2) is 24.8 Å². The molecule has 0 saturated carbocycles. The minimum Gasteiger partial charge on any atom is -0.353 e. The Labute approximate surface area is 130 Å². The van der Waals surface area contributed by atoms with Gasteiger partial charge in [-0.2, -0.15) is 0 Å². The highest BCUT2D eigenvalue weighted by Gasteiger charge is 2.12. The molecule has 0 unspecified atom stereocenters. The van der Waals surface area contributed by atoms with Crippen molar-refractivity contribution in [2.45, 2.75) is 59.5 Å². The van der Waals surface area contributed by atoms with Crippen LogP contribution in [0.3, 0.4) is 0 Å². The number of hydrogen-bond acceptors (Lipinski definition) is 3. The van der Waals surface area contributed by atoms with Crippen LogP contribution in [0.4, 0.5) is 5.82 Å². The maximum atomic E-state index is 4.78. The lowest BCUT2D eigenvalue weighted by Crippen LogP contribution is -2.35. The van der Waals surface area contributed by atoms with E-state index in [0.717, 1.165) is 44.0 Å². The van der Waals surface area contributed by atoms with Gasteiger partial charge in [0.25, 0.3) is 0 Å². The maximum absolute atomic E-state index is 4.78. The van der Waals surface area contributed by atoms with Crippen LogP contribution in [0, 0.1) is 0 Å². The summed E-state index contributed by atoms with van der Waals surface area (Å²) in [5.74, 6) is 1.07. The van der Waals surface area contributed by atoms with Crippen molar-refractivity contribution < 1.29 is 0 Å². The van der Waals surface area contributed by atoms with Gasteiger partial charge in [-0.3, -0.25) is 0 Å². The van der Waals surface area contributed by atoms with Gasteiger partial charge in [0.15, 0.2) is 0 Å². The van der Waals surface area contributed by atoms with Gasteiger partial charge in [-0.05, 0) is 51.3 Å². The zero-order chi connectivity index (χ0) is 15.9. The number of aromatic nitrogens is 1. The zero-order valence-corrected chi connectivity index (χ0v) is 14.4. The molecule has 0 amide bonds. The van der Waals surface area contributed by atoms with Gasteiger partial charge in [0.05, 0.1) is 0 Å². The lowest BCUT2D eigenvalue weighted by atomic mass is 10.1. The van der Waals surface area contributed by atoms with Crippen molar-refractivity contribution in [3.63, 3.8) is 0 Å². The van der Waals surface area contributed by atoms with Crippen LogP contribution >= 0.6 is 0 Å². The molecule has 0 aromatic carbocycles. The predicted molar refractivity (Wildman–Crippen MR) is 92.9 cm³/mol. The fourth-order valence-electron chi connectivity index (χ4n) is 2.17. The minimum atomic E-state index is 0.125. The third kappa shape index (κ3) is 6.30. The molecule has 118 valence electrons. The highest BCUT2D eigenvalue weighted by atomic mass is 15.2. The summed E-state index contributed by atoms with van der Waals surface area (Å²) in [4.78, 5) is 7.08. The fraction of sp³-hybridized carbons (Fsp3) is 0.611. The summed E-state index contributed by atoms with van der Waals surface area (Å²) in [5, 5.41) is 3.55. The molecule has 1 rings (SSSR count). The lowest BCUT2D eigenvalue weighted by molar-refractivity contribution is 0.424. The van der Waals surface area contributed by atoms with E-state index < -0.39 is 0 Å². The zero-order valence-electron chi connectivity index (χ0n) is 14.4. The van der Waals surface area contributed by atoms with E-state index in [1.165, 1.54) is 5.56 Å². The van der Waals surface area contributed by atoms with E-state index in [0.29, 0.717) is 0 Å². The molecule has 1 N–H and O–H groups in total. The number of anilines is 1. The standard InChI is InChI=1S/C18H31N3/c1-7-10-21(11-8-2)17-13-15(12-16(9-3)20-17)14-19-18(4,5)6/h7,12-13,19H,1,8-11,14H2,2-6H3. The summed E-state index contributed by atoms with van der Waals surface area (Å²) >= 11 is 0. The van der Waals surface area contributed by atoms with Crippen molar-refractivity contribution in [3.8, 4) is 0 Å². The molecule has 1 heterocycles. The van der Waals surface area contributed by atoms with Gasteiger partial charge >= 0.3 is 0 Å². The second-order valence-corrected chi connectivity index (χ2v) is 6.52. The van der Waals surface area contributed by atoms with Gasteiger partial charge in [0.2, 0.25) is 0 Å². The van der Waals surface area contributed by atoms with E-state index in [4.69, 9.17) is 4.98 Å². The van der Waals surface area contributed by atoms with E-state index in [2.05, 4.69) is 63.5 Å². The third-order valence-corrected chi connectivity index (χ3v) is 3.28. The summed E-state index contributed by atoms with van der Waals surface area (Å²) in [7, 11) is 0. The van der Waals surface area contributed by atoms with E-state index in [-0.39, 0.29) is 5.54 Å². The van der Waals surface area contributed by atoms with Crippen LogP contribution in [-0.2, 0) is 13.0 Å². The van der Waals surface area contributed by atoms with Crippen molar-refractivity contribution in [2.75, 3.05) is 18.0 Å². The number of nitrogens with one attached hydrogen (secondary N) is 1. The topological polar surface area (TPSA) is 28.2 Å². The Kier molecular flexibility index (Phi) is 6.90. The first-order chi connectivity index (χ1) is 9.89. The summed E-state index contributed by atoms with van der Waals surface area (Å²) in [6.45, 7) is 17.5. The molecule has 0 saturated heterocycles. The average molecular weight is 289 g/mol. The second-order valence-electron chi connectivity index (χ2n) is 6.52. The van der Waals surface area contributed by atoms with Crippen LogP contribution in [0.5, 0.6) is 0 Å². The van der Waals surface area contributed by atoms with Crippen LogP contribution in [0.25, 0.3) is 0 Å². The van der Waals surface area contributed by atoms with Crippen molar-refractivity contribution in [1.29, 1.82) is 0 Å². The largest absolute Gasteiger partial charge is 0.353 e. The van der Waals surface area contributed by atoms with Gasteiger partial charge in [0.1, 0.15) is 5.82 Å². The van der Waals surface area contributed by atoms with Crippen molar-refractivity contribution >= 4 is 5.82 Å². The third-order valence-electron chi connectivity index (χ3n) is 3.28. The van der Waals surface area contributed by atoms with E-state index >= 15 is 0 Å². The second kappa shape index (κ2) is 8.18. The summed E-state index contributed by atoms with van der Waals surface area (Å²) in [6, 6.07) is 4.41. The molecule has 0 aliphatic rings. The first-order valence-corrected chi connectivity index (χ1v) is 8.00. The summed E-state index contributed by atoms with van der Waals surface area (Å²) in [6.07, 6.45) is 4.02. The quantitative estimate of drug-likeness (QED) is 0.735. The maximum Gasteiger partial charge on any atom is 0.129 e.